The predicted octanol–water partition coefficient (Wildman–Crippen LogP) is 6.92. The molecule has 0 bridgehead atoms. The van der Waals surface area contributed by atoms with Gasteiger partial charge in [0.1, 0.15) is 27.0 Å². The Hall–Kier alpha value is -2.40. The molecule has 1 aromatic heterocycles. The first-order chi connectivity index (χ1) is 16.4. The summed E-state index contributed by atoms with van der Waals surface area (Å²) in [6, 6.07) is 3.83. The van der Waals surface area contributed by atoms with Gasteiger partial charge in [0, 0.05) is 5.56 Å². The highest BCUT2D eigenvalue weighted by molar-refractivity contribution is 7.14. The molecule has 2 heterocycles. The molecule has 3 rings (SSSR count). The Bertz CT molecular complexity index is 1030. The van der Waals surface area contributed by atoms with Gasteiger partial charge in [-0.25, -0.2) is 4.79 Å². The lowest BCUT2D eigenvalue weighted by molar-refractivity contribution is -0.138. The summed E-state index contributed by atoms with van der Waals surface area (Å²) in [4.78, 5) is 13.1. The molecule has 0 aliphatic carbocycles. The van der Waals surface area contributed by atoms with Gasteiger partial charge in [-0.2, -0.15) is 13.2 Å². The van der Waals surface area contributed by atoms with Gasteiger partial charge in [-0.15, -0.1) is 10.2 Å². The second-order valence-electron chi connectivity index (χ2n) is 9.36. The van der Waals surface area contributed by atoms with Gasteiger partial charge in [-0.05, 0) is 45.4 Å². The number of aromatic nitrogens is 2. The molecule has 1 aliphatic rings. The first kappa shape index (κ1) is 27.2. The molecule has 1 saturated heterocycles. The summed E-state index contributed by atoms with van der Waals surface area (Å²) < 4.78 is 52.5. The van der Waals surface area contributed by atoms with Gasteiger partial charge in [-0.1, -0.05) is 50.4 Å². The van der Waals surface area contributed by atoms with Gasteiger partial charge in [0.05, 0.1) is 18.8 Å². The number of hydrogen-bond acceptors (Lipinski definition) is 6. The van der Waals surface area contributed by atoms with E-state index < -0.39 is 29.1 Å². The van der Waals surface area contributed by atoms with E-state index in [4.69, 9.17) is 9.47 Å². The number of unbranched alkanes of at least 4 members (excludes halogenated alkanes) is 5. The lowest BCUT2D eigenvalue weighted by atomic mass is 10.0. The predicted molar refractivity (Wildman–Crippen MR) is 126 cm³/mol. The van der Waals surface area contributed by atoms with Crippen LogP contribution in [-0.4, -0.2) is 45.2 Å². The molecule has 7 nitrogen and oxygen atoms in total. The zero-order valence-corrected chi connectivity index (χ0v) is 21.3. The Morgan fingerprint density at radius 3 is 2.51 bits per heavy atom. The van der Waals surface area contributed by atoms with Gasteiger partial charge >= 0.3 is 12.3 Å². The number of carboxylic acid groups (broad SMARTS) is 1. The van der Waals surface area contributed by atoms with E-state index >= 15 is 0 Å². The van der Waals surface area contributed by atoms with Crippen molar-refractivity contribution in [3.63, 3.8) is 0 Å². The van der Waals surface area contributed by atoms with Crippen molar-refractivity contribution in [3.8, 4) is 16.3 Å². The van der Waals surface area contributed by atoms with Gasteiger partial charge in [0.2, 0.25) is 0 Å². The van der Waals surface area contributed by atoms with Crippen molar-refractivity contribution >= 4 is 17.4 Å². The third kappa shape index (κ3) is 6.06. The van der Waals surface area contributed by atoms with Crippen LogP contribution in [0.15, 0.2) is 18.2 Å². The number of nitrogens with zero attached hydrogens (tertiary/aromatic N) is 3. The molecule has 35 heavy (non-hydrogen) atoms. The monoisotopic (exact) mass is 515 g/mol. The quantitative estimate of drug-likeness (QED) is 0.346. The summed E-state index contributed by atoms with van der Waals surface area (Å²) in [6.45, 7) is 7.34. The van der Waals surface area contributed by atoms with Crippen molar-refractivity contribution in [1.82, 2.24) is 15.1 Å². The topological polar surface area (TPSA) is 84.8 Å². The number of hydrogen-bond donors (Lipinski definition) is 1. The lowest BCUT2D eigenvalue weighted by Gasteiger charge is -2.35. The van der Waals surface area contributed by atoms with Crippen LogP contribution in [0, 0.1) is 0 Å². The van der Waals surface area contributed by atoms with Crippen molar-refractivity contribution in [2.45, 2.75) is 83.7 Å². The van der Waals surface area contributed by atoms with E-state index in [1.165, 1.54) is 12.1 Å². The van der Waals surface area contributed by atoms with Crippen LogP contribution in [0.25, 0.3) is 10.6 Å². The number of benzene rings is 1. The van der Waals surface area contributed by atoms with Crippen LogP contribution >= 0.6 is 11.3 Å². The Morgan fingerprint density at radius 2 is 1.86 bits per heavy atom. The summed E-state index contributed by atoms with van der Waals surface area (Å²) in [7, 11) is 0. The van der Waals surface area contributed by atoms with Crippen molar-refractivity contribution in [1.29, 1.82) is 0 Å². The van der Waals surface area contributed by atoms with Crippen LogP contribution < -0.4 is 4.74 Å². The summed E-state index contributed by atoms with van der Waals surface area (Å²) in [5.74, 6) is -0.213. The van der Waals surface area contributed by atoms with E-state index in [0.29, 0.717) is 11.4 Å². The molecule has 1 fully saturated rings. The number of ether oxygens (including phenoxy) is 2. The largest absolute Gasteiger partial charge is 0.493 e. The minimum atomic E-state index is -4.60. The number of carbonyl (C=O) groups is 1. The molecule has 1 N–H and O–H groups in total. The average Bonchev–Trinajstić information content (AvgIpc) is 3.36. The molecule has 11 heteroatoms. The molecular weight excluding hydrogens is 483 g/mol. The first-order valence-corrected chi connectivity index (χ1v) is 12.6. The number of alkyl halides is 3. The summed E-state index contributed by atoms with van der Waals surface area (Å²) >= 11 is 1.04. The van der Waals surface area contributed by atoms with Crippen LogP contribution in [0.2, 0.25) is 0 Å². The highest BCUT2D eigenvalue weighted by Gasteiger charge is 2.54. The van der Waals surface area contributed by atoms with Crippen molar-refractivity contribution in [2.75, 3.05) is 13.2 Å². The number of rotatable bonds is 10. The number of halogens is 3. The SMILES string of the molecule is CCCCCCCCOc1ccc(-c2nnc([C@]3(C)COC(C)(C)N3C(=O)O)s2)cc1C(F)(F)F. The van der Waals surface area contributed by atoms with E-state index in [9.17, 15) is 23.1 Å². The Balaban J connectivity index is 1.79. The normalized spacial score (nSPS) is 19.8. The van der Waals surface area contributed by atoms with Crippen LogP contribution in [-0.2, 0) is 16.5 Å². The Morgan fingerprint density at radius 1 is 1.17 bits per heavy atom. The molecule has 0 radical (unpaired) electrons. The van der Waals surface area contributed by atoms with Crippen molar-refractivity contribution in [2.24, 2.45) is 0 Å². The third-order valence-electron chi connectivity index (χ3n) is 6.10. The molecule has 1 aliphatic heterocycles. The average molecular weight is 516 g/mol. The highest BCUT2D eigenvalue weighted by atomic mass is 32.1. The fourth-order valence-electron chi connectivity index (χ4n) is 4.27. The maximum absolute atomic E-state index is 13.8. The molecule has 2 aromatic rings. The maximum Gasteiger partial charge on any atom is 0.419 e. The standard InChI is InChI=1S/C24H32F3N3O4S/c1-5-6-7-8-9-10-13-33-18-12-11-16(14-17(18)24(25,26)27)19-28-29-20(35-19)23(4)15-34-22(2,3)30(23)21(31)32/h11-12,14H,5-10,13,15H2,1-4H3,(H,31,32)/t23-/m0/s1. The fourth-order valence-corrected chi connectivity index (χ4v) is 5.23. The number of amides is 1. The molecule has 0 unspecified atom stereocenters. The zero-order valence-electron chi connectivity index (χ0n) is 20.4. The molecular formula is C24H32F3N3O4S. The van der Waals surface area contributed by atoms with Crippen LogP contribution in [0.5, 0.6) is 5.75 Å². The highest BCUT2D eigenvalue weighted by Crippen LogP contribution is 2.45. The summed E-state index contributed by atoms with van der Waals surface area (Å²) in [6.07, 6.45) is 0.285. The van der Waals surface area contributed by atoms with Crippen LogP contribution in [0.1, 0.15) is 76.8 Å². The van der Waals surface area contributed by atoms with E-state index in [1.807, 2.05) is 0 Å². The fraction of sp³-hybridized carbons (Fsp3) is 0.625. The van der Waals surface area contributed by atoms with Gasteiger partial charge in [0.15, 0.2) is 0 Å². The molecule has 1 atom stereocenters. The summed E-state index contributed by atoms with van der Waals surface area (Å²) in [5.41, 5.74) is -2.83. The zero-order chi connectivity index (χ0) is 25.9. The second kappa shape index (κ2) is 10.7. The van der Waals surface area contributed by atoms with Crippen molar-refractivity contribution in [3.05, 3.63) is 28.8 Å². The molecule has 194 valence electrons. The first-order valence-electron chi connectivity index (χ1n) is 11.8. The van der Waals surface area contributed by atoms with Crippen LogP contribution in [0.4, 0.5) is 18.0 Å². The molecule has 1 aromatic carbocycles. The van der Waals surface area contributed by atoms with E-state index in [1.54, 1.807) is 20.8 Å². The van der Waals surface area contributed by atoms with Crippen molar-refractivity contribution < 1.29 is 32.5 Å². The van der Waals surface area contributed by atoms with Crippen LogP contribution in [0.3, 0.4) is 0 Å². The smallest absolute Gasteiger partial charge is 0.419 e. The Labute approximate surface area is 207 Å². The third-order valence-corrected chi connectivity index (χ3v) is 7.33. The second-order valence-corrected chi connectivity index (χ2v) is 10.3. The minimum absolute atomic E-state index is 0.0555. The molecule has 1 amide bonds. The molecule has 0 saturated carbocycles. The van der Waals surface area contributed by atoms with E-state index in [-0.39, 0.29) is 29.5 Å². The summed E-state index contributed by atoms with van der Waals surface area (Å²) in [5, 5.41) is 18.5. The van der Waals surface area contributed by atoms with E-state index in [0.717, 1.165) is 54.4 Å². The Kier molecular flexibility index (Phi) is 8.31. The van der Waals surface area contributed by atoms with E-state index in [2.05, 4.69) is 17.1 Å². The lowest BCUT2D eigenvalue weighted by Crippen LogP contribution is -2.51. The molecule has 0 spiro atoms. The maximum atomic E-state index is 13.8. The van der Waals surface area contributed by atoms with Gasteiger partial charge < -0.3 is 14.6 Å². The van der Waals surface area contributed by atoms with Gasteiger partial charge in [0.25, 0.3) is 0 Å². The minimum Gasteiger partial charge on any atom is -0.493 e. The van der Waals surface area contributed by atoms with Gasteiger partial charge in [-0.3, -0.25) is 4.90 Å².